The number of nitrogens with one attached hydrogen (secondary N) is 1. The highest BCUT2D eigenvalue weighted by Gasteiger charge is 2.25. The first-order chi connectivity index (χ1) is 13.9. The van der Waals surface area contributed by atoms with Crippen LogP contribution in [-0.4, -0.2) is 34.2 Å². The molecule has 3 aromatic rings. The molecule has 0 amide bonds. The smallest absolute Gasteiger partial charge is 0.311 e. The molecule has 29 heavy (non-hydrogen) atoms. The minimum absolute atomic E-state index is 0.0190. The summed E-state index contributed by atoms with van der Waals surface area (Å²) in [6, 6.07) is 5.57. The first-order valence-electron chi connectivity index (χ1n) is 8.52. The van der Waals surface area contributed by atoms with Gasteiger partial charge in [-0.15, -0.1) is 0 Å². The fourth-order valence-electron chi connectivity index (χ4n) is 2.94. The van der Waals surface area contributed by atoms with Gasteiger partial charge in [0.2, 0.25) is 0 Å². The van der Waals surface area contributed by atoms with Crippen molar-refractivity contribution in [3.63, 3.8) is 0 Å². The van der Waals surface area contributed by atoms with Gasteiger partial charge in [-0.2, -0.15) is 0 Å². The predicted molar refractivity (Wildman–Crippen MR) is 106 cm³/mol. The maximum absolute atomic E-state index is 14.4. The van der Waals surface area contributed by atoms with Gasteiger partial charge in [0.25, 0.3) is 0 Å². The number of benzene rings is 2. The molecule has 11 heteroatoms. The molecule has 1 aromatic heterocycles. The normalized spacial score (nSPS) is 16.2. The zero-order chi connectivity index (χ0) is 20.5. The average Bonchev–Trinajstić information content (AvgIpc) is 3.21. The van der Waals surface area contributed by atoms with Crippen LogP contribution in [0.1, 0.15) is 6.42 Å². The lowest BCUT2D eigenvalue weighted by Gasteiger charge is -2.14. The van der Waals surface area contributed by atoms with E-state index >= 15 is 0 Å². The summed E-state index contributed by atoms with van der Waals surface area (Å²) in [5.74, 6) is -0.504. The number of nitrogens with zero attached hydrogens (tertiary/aromatic N) is 3. The average molecular weight is 439 g/mol. The Bertz CT molecular complexity index is 1110. The summed E-state index contributed by atoms with van der Waals surface area (Å²) in [7, 11) is 0. The van der Waals surface area contributed by atoms with E-state index in [0.717, 1.165) is 0 Å². The summed E-state index contributed by atoms with van der Waals surface area (Å²) in [6.07, 6.45) is 1.63. The Morgan fingerprint density at radius 2 is 2.14 bits per heavy atom. The van der Waals surface area contributed by atoms with Gasteiger partial charge in [0.05, 0.1) is 44.8 Å². The highest BCUT2D eigenvalue weighted by Crippen LogP contribution is 2.37. The van der Waals surface area contributed by atoms with Crippen LogP contribution in [0.5, 0.6) is 5.75 Å². The number of nitro groups is 1. The Labute approximate surface area is 173 Å². The Hall–Kier alpha value is -2.75. The summed E-state index contributed by atoms with van der Waals surface area (Å²) in [5, 5.41) is 14.5. The third kappa shape index (κ3) is 3.89. The molecule has 0 saturated carbocycles. The fourth-order valence-corrected chi connectivity index (χ4v) is 3.26. The second-order valence-corrected chi connectivity index (χ2v) is 7.05. The van der Waals surface area contributed by atoms with Crippen molar-refractivity contribution in [3.05, 3.63) is 56.6 Å². The van der Waals surface area contributed by atoms with E-state index in [-0.39, 0.29) is 39.1 Å². The second-order valence-electron chi connectivity index (χ2n) is 6.27. The quantitative estimate of drug-likeness (QED) is 0.343. The lowest BCUT2D eigenvalue weighted by atomic mass is 10.2. The molecule has 1 aliphatic rings. The molecular formula is C18H13Cl2FN4O4. The molecule has 0 aliphatic carbocycles. The van der Waals surface area contributed by atoms with Crippen LogP contribution in [0, 0.1) is 15.9 Å². The number of hydrogen-bond donors (Lipinski definition) is 1. The van der Waals surface area contributed by atoms with Gasteiger partial charge in [0.15, 0.2) is 11.6 Å². The van der Waals surface area contributed by atoms with Gasteiger partial charge in [-0.25, -0.2) is 14.4 Å². The molecule has 0 spiro atoms. The van der Waals surface area contributed by atoms with Crippen molar-refractivity contribution in [3.8, 4) is 5.75 Å². The zero-order valence-electron chi connectivity index (χ0n) is 14.7. The standard InChI is InChI=1S/C18H13Cl2FN4O4/c19-11-1-2-12(17(21)16(11)20)24-18-10-5-14(25(26)27)15(6-13(10)22-8-23-18)29-9-3-4-28-7-9/h1-2,5-6,8-9H,3-4,7H2,(H,22,23,24)/t9-/m0/s1. The van der Waals surface area contributed by atoms with Crippen molar-refractivity contribution < 1.29 is 18.8 Å². The number of anilines is 2. The Balaban J connectivity index is 1.77. The number of halogens is 3. The molecule has 4 rings (SSSR count). The molecule has 0 radical (unpaired) electrons. The molecule has 1 atom stereocenters. The molecule has 8 nitrogen and oxygen atoms in total. The fraction of sp³-hybridized carbons (Fsp3) is 0.222. The summed E-state index contributed by atoms with van der Waals surface area (Å²) in [4.78, 5) is 19.3. The van der Waals surface area contributed by atoms with Crippen molar-refractivity contribution >= 4 is 51.3 Å². The maximum Gasteiger partial charge on any atom is 0.311 e. The number of ether oxygens (including phenoxy) is 2. The van der Waals surface area contributed by atoms with E-state index in [2.05, 4.69) is 15.3 Å². The minimum Gasteiger partial charge on any atom is -0.481 e. The van der Waals surface area contributed by atoms with Gasteiger partial charge >= 0.3 is 5.69 Å². The molecule has 1 N–H and O–H groups in total. The van der Waals surface area contributed by atoms with Gasteiger partial charge in [0.1, 0.15) is 18.2 Å². The van der Waals surface area contributed by atoms with Crippen LogP contribution in [0.25, 0.3) is 10.9 Å². The van der Waals surface area contributed by atoms with Crippen LogP contribution in [0.2, 0.25) is 10.0 Å². The van der Waals surface area contributed by atoms with E-state index in [1.807, 2.05) is 0 Å². The van der Waals surface area contributed by atoms with Crippen molar-refractivity contribution in [2.24, 2.45) is 0 Å². The van der Waals surface area contributed by atoms with E-state index in [1.165, 1.54) is 30.6 Å². The summed E-state index contributed by atoms with van der Waals surface area (Å²) in [5.41, 5.74) is 0.157. The van der Waals surface area contributed by atoms with Crippen LogP contribution in [-0.2, 0) is 4.74 Å². The van der Waals surface area contributed by atoms with Gasteiger partial charge in [0, 0.05) is 18.6 Å². The third-order valence-corrected chi connectivity index (χ3v) is 5.16. The van der Waals surface area contributed by atoms with Crippen LogP contribution in [0.3, 0.4) is 0 Å². The third-order valence-electron chi connectivity index (χ3n) is 4.38. The van der Waals surface area contributed by atoms with E-state index in [4.69, 9.17) is 32.7 Å². The summed E-state index contributed by atoms with van der Waals surface area (Å²) >= 11 is 11.6. The number of aromatic nitrogens is 2. The van der Waals surface area contributed by atoms with E-state index in [1.54, 1.807) is 0 Å². The van der Waals surface area contributed by atoms with Crippen molar-refractivity contribution in [1.29, 1.82) is 0 Å². The molecule has 1 saturated heterocycles. The molecule has 2 aromatic carbocycles. The number of hydrogen-bond acceptors (Lipinski definition) is 7. The number of rotatable bonds is 5. The largest absolute Gasteiger partial charge is 0.481 e. The first-order valence-corrected chi connectivity index (χ1v) is 9.27. The first kappa shape index (κ1) is 19.6. The highest BCUT2D eigenvalue weighted by molar-refractivity contribution is 6.42. The Morgan fingerprint density at radius 3 is 2.86 bits per heavy atom. The number of nitro benzene ring substituents is 1. The predicted octanol–water partition coefficient (Wildman–Crippen LogP) is 4.90. The van der Waals surface area contributed by atoms with Crippen molar-refractivity contribution in [2.45, 2.75) is 12.5 Å². The molecule has 1 aliphatic heterocycles. The monoisotopic (exact) mass is 438 g/mol. The highest BCUT2D eigenvalue weighted by atomic mass is 35.5. The molecule has 150 valence electrons. The summed E-state index contributed by atoms with van der Waals surface area (Å²) in [6.45, 7) is 0.903. The SMILES string of the molecule is O=[N+]([O-])c1cc2c(Nc3ccc(Cl)c(Cl)c3F)ncnc2cc1O[C@H]1CCOC1. The van der Waals surface area contributed by atoms with Crippen LogP contribution in [0.15, 0.2) is 30.6 Å². The van der Waals surface area contributed by atoms with Gasteiger partial charge in [-0.3, -0.25) is 10.1 Å². The molecular weight excluding hydrogens is 426 g/mol. The van der Waals surface area contributed by atoms with Crippen LogP contribution in [0.4, 0.5) is 21.6 Å². The second kappa shape index (κ2) is 7.94. The van der Waals surface area contributed by atoms with E-state index < -0.39 is 10.7 Å². The van der Waals surface area contributed by atoms with Gasteiger partial charge < -0.3 is 14.8 Å². The zero-order valence-corrected chi connectivity index (χ0v) is 16.2. The Kier molecular flexibility index (Phi) is 5.35. The number of fused-ring (bicyclic) bond motifs is 1. The van der Waals surface area contributed by atoms with Crippen molar-refractivity contribution in [2.75, 3.05) is 18.5 Å². The Morgan fingerprint density at radius 1 is 1.31 bits per heavy atom. The topological polar surface area (TPSA) is 99.4 Å². The molecule has 0 unspecified atom stereocenters. The molecule has 1 fully saturated rings. The van der Waals surface area contributed by atoms with Crippen molar-refractivity contribution in [1.82, 2.24) is 9.97 Å². The molecule has 2 heterocycles. The van der Waals surface area contributed by atoms with E-state index in [0.29, 0.717) is 30.5 Å². The van der Waals surface area contributed by atoms with Gasteiger partial charge in [-0.05, 0) is 12.1 Å². The summed E-state index contributed by atoms with van der Waals surface area (Å²) < 4.78 is 25.4. The maximum atomic E-state index is 14.4. The molecule has 0 bridgehead atoms. The van der Waals surface area contributed by atoms with Gasteiger partial charge in [-0.1, -0.05) is 23.2 Å². The van der Waals surface area contributed by atoms with Crippen LogP contribution >= 0.6 is 23.2 Å². The minimum atomic E-state index is -0.762. The lowest BCUT2D eigenvalue weighted by molar-refractivity contribution is -0.385. The van der Waals surface area contributed by atoms with Crippen LogP contribution < -0.4 is 10.1 Å². The lowest BCUT2D eigenvalue weighted by Crippen LogP contribution is -2.16. The van der Waals surface area contributed by atoms with E-state index in [9.17, 15) is 14.5 Å².